The van der Waals surface area contributed by atoms with Gasteiger partial charge in [-0.15, -0.1) is 0 Å². The van der Waals surface area contributed by atoms with Gasteiger partial charge in [0, 0.05) is 29.5 Å². The first-order chi connectivity index (χ1) is 8.58. The first-order valence-electron chi connectivity index (χ1n) is 5.97. The number of rotatable bonds is 4. The first kappa shape index (κ1) is 12.4. The Morgan fingerprint density at radius 2 is 1.89 bits per heavy atom. The number of nitrogens with zero attached hydrogens (tertiary/aromatic N) is 1. The standard InChI is InChI=1S/C15H15NO2/c1-10-9-13(15(18)8-7-11(2)17)12-5-3-4-6-14(12)16-10/h3-6,9H,7-8H2,1-2H3. The monoisotopic (exact) mass is 241 g/mol. The summed E-state index contributed by atoms with van der Waals surface area (Å²) in [5, 5.41) is 0.858. The van der Waals surface area contributed by atoms with Crippen LogP contribution in [0.3, 0.4) is 0 Å². The Bertz CT molecular complexity index is 617. The highest BCUT2D eigenvalue weighted by Crippen LogP contribution is 2.20. The Morgan fingerprint density at radius 1 is 1.17 bits per heavy atom. The number of aromatic nitrogens is 1. The highest BCUT2D eigenvalue weighted by atomic mass is 16.1. The minimum atomic E-state index is 0.00639. The van der Waals surface area contributed by atoms with Crippen LogP contribution in [0.5, 0.6) is 0 Å². The molecule has 0 radical (unpaired) electrons. The average Bonchev–Trinajstić information content (AvgIpc) is 2.34. The molecule has 3 nitrogen and oxygen atoms in total. The molecule has 2 aromatic rings. The van der Waals surface area contributed by atoms with Gasteiger partial charge in [0.15, 0.2) is 5.78 Å². The number of carbonyl (C=O) groups is 2. The quantitative estimate of drug-likeness (QED) is 0.773. The van der Waals surface area contributed by atoms with E-state index >= 15 is 0 Å². The van der Waals surface area contributed by atoms with E-state index < -0.39 is 0 Å². The van der Waals surface area contributed by atoms with Gasteiger partial charge in [-0.1, -0.05) is 18.2 Å². The molecule has 18 heavy (non-hydrogen) atoms. The van der Waals surface area contributed by atoms with Crippen molar-refractivity contribution in [3.05, 3.63) is 41.6 Å². The molecular weight excluding hydrogens is 226 g/mol. The molecule has 0 bridgehead atoms. The lowest BCUT2D eigenvalue weighted by molar-refractivity contribution is -0.116. The summed E-state index contributed by atoms with van der Waals surface area (Å²) in [7, 11) is 0. The van der Waals surface area contributed by atoms with Gasteiger partial charge in [-0.05, 0) is 26.0 Å². The number of pyridine rings is 1. The van der Waals surface area contributed by atoms with E-state index in [0.717, 1.165) is 16.6 Å². The molecule has 0 spiro atoms. The largest absolute Gasteiger partial charge is 0.300 e. The smallest absolute Gasteiger partial charge is 0.164 e. The summed E-state index contributed by atoms with van der Waals surface area (Å²) in [5.41, 5.74) is 2.31. The maximum Gasteiger partial charge on any atom is 0.164 e. The Balaban J connectivity index is 2.43. The zero-order chi connectivity index (χ0) is 13.1. The number of hydrogen-bond donors (Lipinski definition) is 0. The average molecular weight is 241 g/mol. The van der Waals surface area contributed by atoms with E-state index in [1.807, 2.05) is 31.2 Å². The van der Waals surface area contributed by atoms with Crippen LogP contribution in [0.15, 0.2) is 30.3 Å². The van der Waals surface area contributed by atoms with Crippen LogP contribution in [0.2, 0.25) is 0 Å². The molecule has 1 aromatic heterocycles. The van der Waals surface area contributed by atoms with E-state index in [9.17, 15) is 9.59 Å². The number of hydrogen-bond acceptors (Lipinski definition) is 3. The van der Waals surface area contributed by atoms with E-state index in [2.05, 4.69) is 4.98 Å². The topological polar surface area (TPSA) is 47.0 Å². The zero-order valence-electron chi connectivity index (χ0n) is 10.6. The molecule has 0 fully saturated rings. The molecule has 0 aliphatic carbocycles. The molecule has 0 aliphatic heterocycles. The lowest BCUT2D eigenvalue weighted by atomic mass is 10.0. The maximum atomic E-state index is 12.1. The van der Waals surface area contributed by atoms with Gasteiger partial charge in [-0.3, -0.25) is 9.78 Å². The second-order valence-corrected chi connectivity index (χ2v) is 4.45. The predicted molar refractivity (Wildman–Crippen MR) is 70.7 cm³/mol. The maximum absolute atomic E-state index is 12.1. The number of carbonyl (C=O) groups excluding carboxylic acids is 2. The van der Waals surface area contributed by atoms with Gasteiger partial charge >= 0.3 is 0 Å². The van der Waals surface area contributed by atoms with Crippen molar-refractivity contribution in [2.24, 2.45) is 0 Å². The van der Waals surface area contributed by atoms with Crippen LogP contribution < -0.4 is 0 Å². The number of aryl methyl sites for hydroxylation is 1. The molecule has 0 saturated heterocycles. The molecule has 92 valence electrons. The van der Waals surface area contributed by atoms with Gasteiger partial charge in [-0.2, -0.15) is 0 Å². The molecular formula is C15H15NO2. The van der Waals surface area contributed by atoms with Crippen molar-refractivity contribution in [1.82, 2.24) is 4.98 Å². The second kappa shape index (κ2) is 5.08. The van der Waals surface area contributed by atoms with E-state index in [4.69, 9.17) is 0 Å². The summed E-state index contributed by atoms with van der Waals surface area (Å²) < 4.78 is 0. The number of fused-ring (bicyclic) bond motifs is 1. The van der Waals surface area contributed by atoms with E-state index in [0.29, 0.717) is 12.0 Å². The van der Waals surface area contributed by atoms with Gasteiger partial charge in [-0.25, -0.2) is 0 Å². The predicted octanol–water partition coefficient (Wildman–Crippen LogP) is 3.10. The Labute approximate surface area is 106 Å². The van der Waals surface area contributed by atoms with Crippen LogP contribution in [0.4, 0.5) is 0 Å². The van der Waals surface area contributed by atoms with Crippen molar-refractivity contribution in [3.63, 3.8) is 0 Å². The van der Waals surface area contributed by atoms with Gasteiger partial charge in [0.1, 0.15) is 5.78 Å². The number of Topliss-reactive ketones (excluding diaryl/α,β-unsaturated/α-hetero) is 2. The fraction of sp³-hybridized carbons (Fsp3) is 0.267. The summed E-state index contributed by atoms with van der Waals surface area (Å²) in [6.07, 6.45) is 0.567. The summed E-state index contributed by atoms with van der Waals surface area (Å²) in [6.45, 7) is 3.37. The summed E-state index contributed by atoms with van der Waals surface area (Å²) in [6, 6.07) is 9.37. The van der Waals surface area contributed by atoms with Crippen LogP contribution in [0.1, 0.15) is 35.8 Å². The molecule has 0 N–H and O–H groups in total. The van der Waals surface area contributed by atoms with Crippen molar-refractivity contribution in [1.29, 1.82) is 0 Å². The fourth-order valence-electron chi connectivity index (χ4n) is 1.96. The highest BCUT2D eigenvalue weighted by molar-refractivity contribution is 6.08. The Hall–Kier alpha value is -2.03. The lowest BCUT2D eigenvalue weighted by Gasteiger charge is -2.06. The SMILES string of the molecule is CC(=O)CCC(=O)c1cc(C)nc2ccccc12. The van der Waals surface area contributed by atoms with Crippen molar-refractivity contribution >= 4 is 22.5 Å². The van der Waals surface area contributed by atoms with Crippen LogP contribution in [0, 0.1) is 6.92 Å². The molecule has 0 unspecified atom stereocenters. The Morgan fingerprint density at radius 3 is 2.61 bits per heavy atom. The third kappa shape index (κ3) is 2.62. The molecule has 1 aromatic carbocycles. The number of benzene rings is 1. The second-order valence-electron chi connectivity index (χ2n) is 4.45. The van der Waals surface area contributed by atoms with E-state index in [1.165, 1.54) is 6.92 Å². The van der Waals surface area contributed by atoms with Crippen LogP contribution >= 0.6 is 0 Å². The minimum Gasteiger partial charge on any atom is -0.300 e. The van der Waals surface area contributed by atoms with Crippen LogP contribution in [0.25, 0.3) is 10.9 Å². The molecule has 0 amide bonds. The highest BCUT2D eigenvalue weighted by Gasteiger charge is 2.12. The van der Waals surface area contributed by atoms with E-state index in [1.54, 1.807) is 6.07 Å². The van der Waals surface area contributed by atoms with E-state index in [-0.39, 0.29) is 18.0 Å². The fourth-order valence-corrected chi connectivity index (χ4v) is 1.96. The lowest BCUT2D eigenvalue weighted by Crippen LogP contribution is -2.04. The summed E-state index contributed by atoms with van der Waals surface area (Å²) in [4.78, 5) is 27.5. The zero-order valence-corrected chi connectivity index (χ0v) is 10.6. The van der Waals surface area contributed by atoms with Gasteiger partial charge in [0.25, 0.3) is 0 Å². The minimum absolute atomic E-state index is 0.00639. The molecule has 0 saturated carbocycles. The first-order valence-corrected chi connectivity index (χ1v) is 5.97. The van der Waals surface area contributed by atoms with Crippen LogP contribution in [-0.2, 0) is 4.79 Å². The van der Waals surface area contributed by atoms with Crippen molar-refractivity contribution < 1.29 is 9.59 Å². The molecule has 0 aliphatic rings. The molecule has 3 heteroatoms. The van der Waals surface area contributed by atoms with Gasteiger partial charge in [0.05, 0.1) is 5.52 Å². The third-order valence-electron chi connectivity index (χ3n) is 2.85. The molecule has 2 rings (SSSR count). The summed E-state index contributed by atoms with van der Waals surface area (Å²) in [5.74, 6) is 0.0466. The van der Waals surface area contributed by atoms with Gasteiger partial charge in [0.2, 0.25) is 0 Å². The van der Waals surface area contributed by atoms with Crippen LogP contribution in [-0.4, -0.2) is 16.6 Å². The van der Waals surface area contributed by atoms with Crippen molar-refractivity contribution in [2.45, 2.75) is 26.7 Å². The normalized spacial score (nSPS) is 10.6. The van der Waals surface area contributed by atoms with Crippen molar-refractivity contribution in [3.8, 4) is 0 Å². The summed E-state index contributed by atoms with van der Waals surface area (Å²) >= 11 is 0. The third-order valence-corrected chi connectivity index (χ3v) is 2.85. The number of para-hydroxylation sites is 1. The molecule has 0 atom stereocenters. The van der Waals surface area contributed by atoms with Gasteiger partial charge < -0.3 is 4.79 Å². The Kier molecular flexibility index (Phi) is 3.51. The molecule has 1 heterocycles. The van der Waals surface area contributed by atoms with Crippen molar-refractivity contribution in [2.75, 3.05) is 0 Å². The number of ketones is 2.